The van der Waals surface area contributed by atoms with Crippen molar-refractivity contribution in [3.05, 3.63) is 54.5 Å². The predicted molar refractivity (Wildman–Crippen MR) is 97.2 cm³/mol. The second-order valence-corrected chi connectivity index (χ2v) is 6.41. The smallest absolute Gasteiger partial charge is 0.173 e. The molecule has 0 aliphatic heterocycles. The fraction of sp³-hybridized carbons (Fsp3) is 0.111. The minimum atomic E-state index is 0.0537. The first-order valence-electron chi connectivity index (χ1n) is 7.62. The number of aromatic nitrogens is 4. The molecule has 0 bridgehead atoms. The highest BCUT2D eigenvalue weighted by Gasteiger charge is 2.11. The maximum absolute atomic E-state index is 12.5. The van der Waals surface area contributed by atoms with Crippen molar-refractivity contribution in [1.82, 2.24) is 20.2 Å². The van der Waals surface area contributed by atoms with Gasteiger partial charge in [-0.2, -0.15) is 5.10 Å². The molecule has 2 heterocycles. The molecule has 7 heteroatoms. The fourth-order valence-electron chi connectivity index (χ4n) is 2.60. The van der Waals surface area contributed by atoms with Crippen molar-refractivity contribution in [1.29, 1.82) is 0 Å². The third-order valence-corrected chi connectivity index (χ3v) is 4.93. The number of thioether (sulfide) groups is 1. The van der Waals surface area contributed by atoms with Crippen LogP contribution in [0.25, 0.3) is 21.8 Å². The van der Waals surface area contributed by atoms with Crippen LogP contribution in [-0.2, 0) is 0 Å². The Balaban J connectivity index is 1.54. The number of fused-ring (bicyclic) bond motifs is 2. The summed E-state index contributed by atoms with van der Waals surface area (Å²) in [7, 11) is 1.64. The van der Waals surface area contributed by atoms with E-state index in [0.717, 1.165) is 26.9 Å². The number of benzene rings is 2. The number of nitrogens with one attached hydrogen (secondary N) is 1. The van der Waals surface area contributed by atoms with Crippen LogP contribution in [0.15, 0.2) is 53.9 Å². The van der Waals surface area contributed by atoms with Crippen LogP contribution in [0.1, 0.15) is 10.4 Å². The standard InChI is InChI=1S/C18H14N4O2S/c1-24-14-5-4-11-6-13(3-2-12(11)7-14)16(23)9-25-18-15-8-21-22-17(15)19-10-20-18/h2-8,10H,9H2,1H3,(H,19,20,21,22). The van der Waals surface area contributed by atoms with E-state index in [0.29, 0.717) is 17.0 Å². The minimum absolute atomic E-state index is 0.0537. The SMILES string of the molecule is COc1ccc2cc(C(=O)CSc3ncnc4[nH]ncc34)ccc2c1. The molecule has 124 valence electrons. The van der Waals surface area contributed by atoms with Crippen LogP contribution in [0.5, 0.6) is 5.75 Å². The number of H-pyrrole nitrogens is 1. The normalized spacial score (nSPS) is 11.1. The highest BCUT2D eigenvalue weighted by atomic mass is 32.2. The number of Topliss-reactive ketones (excluding diaryl/α,β-unsaturated/α-hetero) is 1. The lowest BCUT2D eigenvalue weighted by Crippen LogP contribution is -2.02. The van der Waals surface area contributed by atoms with Crippen molar-refractivity contribution in [3.8, 4) is 5.75 Å². The lowest BCUT2D eigenvalue weighted by atomic mass is 10.0. The molecule has 0 spiro atoms. The van der Waals surface area contributed by atoms with Gasteiger partial charge in [0.2, 0.25) is 0 Å². The Bertz CT molecular complexity index is 1080. The first-order chi connectivity index (χ1) is 12.2. The molecule has 1 N–H and O–H groups in total. The monoisotopic (exact) mass is 350 g/mol. The Hall–Kier alpha value is -2.93. The van der Waals surface area contributed by atoms with Crippen molar-refractivity contribution in [2.75, 3.05) is 12.9 Å². The number of methoxy groups -OCH3 is 1. The number of ether oxygens (including phenoxy) is 1. The van der Waals surface area contributed by atoms with Gasteiger partial charge in [0, 0.05) is 5.56 Å². The van der Waals surface area contributed by atoms with Crippen LogP contribution in [0.3, 0.4) is 0 Å². The quantitative estimate of drug-likeness (QED) is 0.337. The molecule has 2 aromatic heterocycles. The number of rotatable bonds is 5. The van der Waals surface area contributed by atoms with Gasteiger partial charge >= 0.3 is 0 Å². The molecule has 0 atom stereocenters. The number of carbonyl (C=O) groups excluding carboxylic acids is 1. The van der Waals surface area contributed by atoms with E-state index in [1.165, 1.54) is 18.1 Å². The molecule has 25 heavy (non-hydrogen) atoms. The molecule has 4 aromatic rings. The number of hydrogen-bond donors (Lipinski definition) is 1. The molecule has 0 aliphatic rings. The average Bonchev–Trinajstić information content (AvgIpc) is 3.14. The second kappa shape index (κ2) is 6.52. The summed E-state index contributed by atoms with van der Waals surface area (Å²) in [6, 6.07) is 11.5. The topological polar surface area (TPSA) is 80.8 Å². The Labute approximate surface area is 147 Å². The Kier molecular flexibility index (Phi) is 4.07. The van der Waals surface area contributed by atoms with E-state index in [9.17, 15) is 4.79 Å². The van der Waals surface area contributed by atoms with E-state index in [1.807, 2.05) is 36.4 Å². The summed E-state index contributed by atoms with van der Waals surface area (Å²) in [4.78, 5) is 20.9. The molecule has 2 aromatic carbocycles. The molecular formula is C18H14N4O2S. The summed E-state index contributed by atoms with van der Waals surface area (Å²) in [5, 5.41) is 10.4. The van der Waals surface area contributed by atoms with Crippen molar-refractivity contribution >= 4 is 39.4 Å². The lowest BCUT2D eigenvalue weighted by Gasteiger charge is -2.05. The van der Waals surface area contributed by atoms with E-state index >= 15 is 0 Å². The number of nitrogens with zero attached hydrogens (tertiary/aromatic N) is 3. The van der Waals surface area contributed by atoms with Gasteiger partial charge in [-0.15, -0.1) is 0 Å². The van der Waals surface area contributed by atoms with Crippen LogP contribution in [0, 0.1) is 0 Å². The van der Waals surface area contributed by atoms with E-state index in [-0.39, 0.29) is 5.78 Å². The number of aromatic amines is 1. The van der Waals surface area contributed by atoms with Crippen LogP contribution in [0.4, 0.5) is 0 Å². The van der Waals surface area contributed by atoms with E-state index in [4.69, 9.17) is 4.74 Å². The second-order valence-electron chi connectivity index (χ2n) is 5.45. The summed E-state index contributed by atoms with van der Waals surface area (Å²) >= 11 is 1.39. The Morgan fingerprint density at radius 2 is 2.00 bits per heavy atom. The number of ketones is 1. The van der Waals surface area contributed by atoms with Crippen LogP contribution in [-0.4, -0.2) is 38.8 Å². The molecule has 0 unspecified atom stereocenters. The van der Waals surface area contributed by atoms with Gasteiger partial charge in [0.25, 0.3) is 0 Å². The van der Waals surface area contributed by atoms with Gasteiger partial charge in [0.1, 0.15) is 17.1 Å². The molecule has 6 nitrogen and oxygen atoms in total. The van der Waals surface area contributed by atoms with E-state index in [2.05, 4.69) is 20.2 Å². The van der Waals surface area contributed by atoms with Gasteiger partial charge in [0.15, 0.2) is 11.4 Å². The largest absolute Gasteiger partial charge is 0.497 e. The van der Waals surface area contributed by atoms with Crippen molar-refractivity contribution in [2.45, 2.75) is 5.03 Å². The Morgan fingerprint density at radius 3 is 2.88 bits per heavy atom. The zero-order valence-electron chi connectivity index (χ0n) is 13.4. The van der Waals surface area contributed by atoms with E-state index in [1.54, 1.807) is 13.3 Å². The summed E-state index contributed by atoms with van der Waals surface area (Å²) in [5.41, 5.74) is 1.35. The lowest BCUT2D eigenvalue weighted by molar-refractivity contribution is 0.102. The molecule has 0 saturated heterocycles. The average molecular weight is 350 g/mol. The van der Waals surface area contributed by atoms with Gasteiger partial charge in [-0.3, -0.25) is 9.89 Å². The maximum atomic E-state index is 12.5. The summed E-state index contributed by atoms with van der Waals surface area (Å²) < 4.78 is 5.23. The highest BCUT2D eigenvalue weighted by Crippen LogP contribution is 2.25. The number of hydrogen-bond acceptors (Lipinski definition) is 6. The highest BCUT2D eigenvalue weighted by molar-refractivity contribution is 8.00. The third-order valence-electron chi connectivity index (χ3n) is 3.92. The Morgan fingerprint density at radius 1 is 1.16 bits per heavy atom. The van der Waals surface area contributed by atoms with E-state index < -0.39 is 0 Å². The molecule has 0 aliphatic carbocycles. The van der Waals surface area contributed by atoms with Crippen molar-refractivity contribution < 1.29 is 9.53 Å². The van der Waals surface area contributed by atoms with Gasteiger partial charge in [-0.1, -0.05) is 30.0 Å². The minimum Gasteiger partial charge on any atom is -0.497 e. The van der Waals surface area contributed by atoms with Gasteiger partial charge in [-0.05, 0) is 29.0 Å². The summed E-state index contributed by atoms with van der Waals surface area (Å²) in [5.74, 6) is 1.16. The number of carbonyl (C=O) groups is 1. The predicted octanol–water partition coefficient (Wildman–Crippen LogP) is 3.49. The first kappa shape index (κ1) is 15.6. The summed E-state index contributed by atoms with van der Waals surface area (Å²) in [6.07, 6.45) is 3.14. The molecule has 4 rings (SSSR count). The van der Waals surface area contributed by atoms with Crippen molar-refractivity contribution in [3.63, 3.8) is 0 Å². The van der Waals surface area contributed by atoms with Gasteiger partial charge in [-0.25, -0.2) is 9.97 Å². The van der Waals surface area contributed by atoms with Crippen LogP contribution in [0.2, 0.25) is 0 Å². The molecular weight excluding hydrogens is 336 g/mol. The fourth-order valence-corrected chi connectivity index (χ4v) is 3.46. The first-order valence-corrected chi connectivity index (χ1v) is 8.61. The zero-order chi connectivity index (χ0) is 17.2. The van der Waals surface area contributed by atoms with Crippen LogP contribution >= 0.6 is 11.8 Å². The van der Waals surface area contributed by atoms with Gasteiger partial charge in [0.05, 0.1) is 24.4 Å². The summed E-state index contributed by atoms with van der Waals surface area (Å²) in [6.45, 7) is 0. The van der Waals surface area contributed by atoms with Gasteiger partial charge < -0.3 is 4.74 Å². The van der Waals surface area contributed by atoms with Crippen molar-refractivity contribution in [2.24, 2.45) is 0 Å². The maximum Gasteiger partial charge on any atom is 0.173 e. The zero-order valence-corrected chi connectivity index (χ0v) is 14.2. The molecule has 0 saturated carbocycles. The van der Waals surface area contributed by atoms with Crippen LogP contribution < -0.4 is 4.74 Å². The molecule has 0 radical (unpaired) electrons. The molecule has 0 amide bonds. The third kappa shape index (κ3) is 3.06. The molecule has 0 fully saturated rings.